The number of hydrogen-bond donors (Lipinski definition) is 0. The fourth-order valence-electron chi connectivity index (χ4n) is 1.63. The van der Waals surface area contributed by atoms with E-state index >= 15 is 0 Å². The first-order valence-corrected chi connectivity index (χ1v) is 5.84. The molecule has 5 heteroatoms. The van der Waals surface area contributed by atoms with Crippen molar-refractivity contribution in [3.8, 4) is 5.75 Å². The minimum atomic E-state index is -0.693. The molecular formula is C15H12F2O3. The van der Waals surface area contributed by atoms with Crippen LogP contribution in [0.4, 0.5) is 8.78 Å². The molecule has 0 aliphatic rings. The van der Waals surface area contributed by atoms with Gasteiger partial charge in [0.05, 0.1) is 12.7 Å². The molecule has 20 heavy (non-hydrogen) atoms. The fourth-order valence-corrected chi connectivity index (χ4v) is 1.63. The lowest BCUT2D eigenvalue weighted by atomic mass is 10.1. The number of rotatable bonds is 4. The second-order valence-corrected chi connectivity index (χ2v) is 4.08. The van der Waals surface area contributed by atoms with Crippen LogP contribution in [0.2, 0.25) is 0 Å². The highest BCUT2D eigenvalue weighted by molar-refractivity contribution is 5.89. The van der Waals surface area contributed by atoms with Crippen molar-refractivity contribution in [2.75, 3.05) is 7.11 Å². The van der Waals surface area contributed by atoms with Crippen molar-refractivity contribution < 1.29 is 23.0 Å². The summed E-state index contributed by atoms with van der Waals surface area (Å²) in [5, 5.41) is 0. The average Bonchev–Trinajstić information content (AvgIpc) is 2.44. The maximum atomic E-state index is 13.0. The molecule has 0 bridgehead atoms. The van der Waals surface area contributed by atoms with E-state index in [4.69, 9.17) is 4.74 Å². The molecule has 2 rings (SSSR count). The van der Waals surface area contributed by atoms with Gasteiger partial charge >= 0.3 is 5.97 Å². The van der Waals surface area contributed by atoms with Crippen LogP contribution in [0.1, 0.15) is 15.9 Å². The van der Waals surface area contributed by atoms with Crippen LogP contribution in [0.5, 0.6) is 5.75 Å². The van der Waals surface area contributed by atoms with E-state index in [-0.39, 0.29) is 12.4 Å². The molecule has 0 saturated heterocycles. The van der Waals surface area contributed by atoms with Gasteiger partial charge in [0, 0.05) is 18.2 Å². The second-order valence-electron chi connectivity index (χ2n) is 4.08. The summed E-state index contributed by atoms with van der Waals surface area (Å²) >= 11 is 0. The van der Waals surface area contributed by atoms with Crippen LogP contribution in [-0.2, 0) is 11.3 Å². The summed E-state index contributed by atoms with van der Waals surface area (Å²) in [6.45, 7) is 0.143. The van der Waals surface area contributed by atoms with Crippen molar-refractivity contribution in [1.82, 2.24) is 0 Å². The summed E-state index contributed by atoms with van der Waals surface area (Å²) in [6, 6.07) is 9.53. The standard InChI is InChI=1S/C15H12F2O3/c1-19-15(18)11-4-2-10(3-5-11)9-20-14-7-12(16)6-13(17)8-14/h2-8H,9H2,1H3. The Morgan fingerprint density at radius 2 is 1.65 bits per heavy atom. The van der Waals surface area contributed by atoms with Crippen LogP contribution >= 0.6 is 0 Å². The maximum Gasteiger partial charge on any atom is 0.337 e. The Morgan fingerprint density at radius 1 is 1.05 bits per heavy atom. The largest absolute Gasteiger partial charge is 0.489 e. The molecule has 0 saturated carbocycles. The van der Waals surface area contributed by atoms with Gasteiger partial charge in [-0.25, -0.2) is 13.6 Å². The number of hydrogen-bond acceptors (Lipinski definition) is 3. The average molecular weight is 278 g/mol. The lowest BCUT2D eigenvalue weighted by Crippen LogP contribution is -2.02. The molecule has 104 valence electrons. The number of benzene rings is 2. The SMILES string of the molecule is COC(=O)c1ccc(COc2cc(F)cc(F)c2)cc1. The Hall–Kier alpha value is -2.43. The summed E-state index contributed by atoms with van der Waals surface area (Å²) in [7, 11) is 1.30. The van der Waals surface area contributed by atoms with Crippen LogP contribution in [0.3, 0.4) is 0 Å². The van der Waals surface area contributed by atoms with Gasteiger partial charge in [0.2, 0.25) is 0 Å². The monoisotopic (exact) mass is 278 g/mol. The minimum absolute atomic E-state index is 0.111. The number of methoxy groups -OCH3 is 1. The smallest absolute Gasteiger partial charge is 0.337 e. The number of ether oxygens (including phenoxy) is 2. The molecule has 0 unspecified atom stereocenters. The Labute approximate surface area is 114 Å². The van der Waals surface area contributed by atoms with E-state index in [1.165, 1.54) is 7.11 Å². The molecule has 0 aromatic heterocycles. The molecule has 2 aromatic carbocycles. The quantitative estimate of drug-likeness (QED) is 0.805. The summed E-state index contributed by atoms with van der Waals surface area (Å²) in [6.07, 6.45) is 0. The molecule has 0 aliphatic heterocycles. The van der Waals surface area contributed by atoms with Gasteiger partial charge in [0.15, 0.2) is 0 Å². The van der Waals surface area contributed by atoms with Gasteiger partial charge < -0.3 is 9.47 Å². The van der Waals surface area contributed by atoms with E-state index < -0.39 is 17.6 Å². The summed E-state index contributed by atoms with van der Waals surface area (Å²) in [5.74, 6) is -1.70. The number of esters is 1. The molecule has 2 aromatic rings. The van der Waals surface area contributed by atoms with Crippen molar-refractivity contribution in [2.24, 2.45) is 0 Å². The van der Waals surface area contributed by atoms with Gasteiger partial charge in [-0.1, -0.05) is 12.1 Å². The molecule has 0 aliphatic carbocycles. The zero-order chi connectivity index (χ0) is 14.5. The summed E-state index contributed by atoms with van der Waals surface area (Å²) < 4.78 is 35.8. The maximum absolute atomic E-state index is 13.0. The van der Waals surface area contributed by atoms with Crippen LogP contribution in [0.15, 0.2) is 42.5 Å². The van der Waals surface area contributed by atoms with E-state index in [2.05, 4.69) is 4.74 Å². The third-order valence-corrected chi connectivity index (χ3v) is 2.62. The predicted octanol–water partition coefficient (Wildman–Crippen LogP) is 3.33. The highest BCUT2D eigenvalue weighted by atomic mass is 19.1. The van der Waals surface area contributed by atoms with E-state index in [0.717, 1.165) is 23.8 Å². The van der Waals surface area contributed by atoms with E-state index in [9.17, 15) is 13.6 Å². The fraction of sp³-hybridized carbons (Fsp3) is 0.133. The molecule has 0 N–H and O–H groups in total. The van der Waals surface area contributed by atoms with Gasteiger partial charge in [-0.2, -0.15) is 0 Å². The first-order valence-electron chi connectivity index (χ1n) is 5.84. The molecule has 3 nitrogen and oxygen atoms in total. The van der Waals surface area contributed by atoms with E-state index in [1.807, 2.05) is 0 Å². The van der Waals surface area contributed by atoms with E-state index in [1.54, 1.807) is 24.3 Å². The Balaban J connectivity index is 2.02. The van der Waals surface area contributed by atoms with Crippen molar-refractivity contribution in [3.63, 3.8) is 0 Å². The van der Waals surface area contributed by atoms with Crippen molar-refractivity contribution >= 4 is 5.97 Å². The summed E-state index contributed by atoms with van der Waals surface area (Å²) in [5.41, 5.74) is 1.19. The van der Waals surface area contributed by atoms with Crippen molar-refractivity contribution in [3.05, 3.63) is 65.2 Å². The number of halogens is 2. The minimum Gasteiger partial charge on any atom is -0.489 e. The molecular weight excluding hydrogens is 266 g/mol. The molecule has 0 spiro atoms. The Morgan fingerprint density at radius 3 is 2.20 bits per heavy atom. The highest BCUT2D eigenvalue weighted by Gasteiger charge is 2.05. The molecule has 0 radical (unpaired) electrons. The number of carbonyl (C=O) groups is 1. The number of carbonyl (C=O) groups excluding carboxylic acids is 1. The Kier molecular flexibility index (Phi) is 4.30. The lowest BCUT2D eigenvalue weighted by Gasteiger charge is -2.07. The molecule has 0 amide bonds. The van der Waals surface area contributed by atoms with Crippen LogP contribution in [0, 0.1) is 11.6 Å². The predicted molar refractivity (Wildman–Crippen MR) is 68.5 cm³/mol. The molecule has 0 atom stereocenters. The van der Waals surface area contributed by atoms with Gasteiger partial charge in [-0.15, -0.1) is 0 Å². The third-order valence-electron chi connectivity index (χ3n) is 2.62. The van der Waals surface area contributed by atoms with Gasteiger partial charge in [-0.05, 0) is 17.7 Å². The van der Waals surface area contributed by atoms with Gasteiger partial charge in [-0.3, -0.25) is 0 Å². The van der Waals surface area contributed by atoms with Crippen LogP contribution < -0.4 is 4.74 Å². The van der Waals surface area contributed by atoms with E-state index in [0.29, 0.717) is 5.56 Å². The zero-order valence-corrected chi connectivity index (χ0v) is 10.7. The van der Waals surface area contributed by atoms with Crippen LogP contribution in [0.25, 0.3) is 0 Å². The zero-order valence-electron chi connectivity index (χ0n) is 10.7. The molecule has 0 fully saturated rings. The second kappa shape index (κ2) is 6.14. The normalized spacial score (nSPS) is 10.2. The first-order chi connectivity index (χ1) is 9.58. The van der Waals surface area contributed by atoms with Crippen LogP contribution in [-0.4, -0.2) is 13.1 Å². The first kappa shape index (κ1) is 14.0. The third kappa shape index (κ3) is 3.54. The topological polar surface area (TPSA) is 35.5 Å². The van der Waals surface area contributed by atoms with Crippen molar-refractivity contribution in [2.45, 2.75) is 6.61 Å². The summed E-state index contributed by atoms with van der Waals surface area (Å²) in [4.78, 5) is 11.2. The van der Waals surface area contributed by atoms with Gasteiger partial charge in [0.25, 0.3) is 0 Å². The highest BCUT2D eigenvalue weighted by Crippen LogP contribution is 2.17. The van der Waals surface area contributed by atoms with Crippen molar-refractivity contribution in [1.29, 1.82) is 0 Å². The lowest BCUT2D eigenvalue weighted by molar-refractivity contribution is 0.0600. The molecule has 0 heterocycles. The Bertz CT molecular complexity index is 589. The van der Waals surface area contributed by atoms with Gasteiger partial charge in [0.1, 0.15) is 24.0 Å².